The van der Waals surface area contributed by atoms with Crippen LogP contribution in [0.25, 0.3) is 0 Å². The number of nitrogens with zero attached hydrogens (tertiary/aromatic N) is 4. The van der Waals surface area contributed by atoms with Gasteiger partial charge in [0, 0.05) is 77.7 Å². The molecular weight excluding hydrogens is 376 g/mol. The van der Waals surface area contributed by atoms with Crippen LogP contribution >= 0.6 is 0 Å². The van der Waals surface area contributed by atoms with Gasteiger partial charge in [-0.05, 0) is 53.5 Å². The van der Waals surface area contributed by atoms with Crippen LogP contribution in [-0.2, 0) is 9.47 Å². The largest absolute Gasteiger partial charge is 0.377 e. The molecule has 4 fully saturated rings. The Labute approximate surface area is 186 Å². The van der Waals surface area contributed by atoms with E-state index in [1.165, 1.54) is 78.0 Å². The van der Waals surface area contributed by atoms with Gasteiger partial charge in [0.25, 0.3) is 0 Å². The van der Waals surface area contributed by atoms with Crippen molar-refractivity contribution in [1.29, 1.82) is 0 Å². The SMILES string of the molecule is CC.CC(C)(C)N1CCN(C2CCCO2)CC1.CN1CCN(CC2CCCO2)CC1. The maximum atomic E-state index is 5.72. The van der Waals surface area contributed by atoms with Gasteiger partial charge < -0.3 is 14.4 Å². The second-order valence-electron chi connectivity index (χ2n) is 9.90. The van der Waals surface area contributed by atoms with E-state index in [0.29, 0.717) is 17.9 Å². The van der Waals surface area contributed by atoms with E-state index >= 15 is 0 Å². The maximum absolute atomic E-state index is 5.72. The van der Waals surface area contributed by atoms with E-state index < -0.39 is 0 Å². The molecule has 0 bridgehead atoms. The van der Waals surface area contributed by atoms with Gasteiger partial charge in [0.2, 0.25) is 0 Å². The Kier molecular flexibility index (Phi) is 11.6. The summed E-state index contributed by atoms with van der Waals surface area (Å²) < 4.78 is 11.3. The average Bonchev–Trinajstić information content (AvgIpc) is 3.46. The molecule has 6 nitrogen and oxygen atoms in total. The predicted octanol–water partition coefficient (Wildman–Crippen LogP) is 2.98. The third kappa shape index (κ3) is 8.71. The molecule has 4 saturated heterocycles. The smallest absolute Gasteiger partial charge is 0.110 e. The minimum Gasteiger partial charge on any atom is -0.377 e. The Morgan fingerprint density at radius 2 is 1.37 bits per heavy atom. The lowest BCUT2D eigenvalue weighted by atomic mass is 10.0. The van der Waals surface area contributed by atoms with E-state index in [1.807, 2.05) is 13.8 Å². The van der Waals surface area contributed by atoms with Crippen molar-refractivity contribution in [1.82, 2.24) is 19.6 Å². The lowest BCUT2D eigenvalue weighted by Gasteiger charge is -2.43. The number of rotatable bonds is 3. The molecule has 0 aromatic rings. The molecular formula is C24H50N4O2. The Hall–Kier alpha value is -0.240. The summed E-state index contributed by atoms with van der Waals surface area (Å²) in [6.07, 6.45) is 5.96. The summed E-state index contributed by atoms with van der Waals surface area (Å²) in [5.41, 5.74) is 0.322. The van der Waals surface area contributed by atoms with Crippen molar-refractivity contribution in [2.75, 3.05) is 79.2 Å². The second kappa shape index (κ2) is 13.3. The number of piperazine rings is 2. The molecule has 0 aromatic carbocycles. The zero-order valence-corrected chi connectivity index (χ0v) is 20.9. The number of ether oxygens (including phenoxy) is 2. The fourth-order valence-corrected chi connectivity index (χ4v) is 4.64. The van der Waals surface area contributed by atoms with E-state index in [-0.39, 0.29) is 0 Å². The Morgan fingerprint density at radius 1 is 0.767 bits per heavy atom. The predicted molar refractivity (Wildman–Crippen MR) is 126 cm³/mol. The molecule has 0 saturated carbocycles. The van der Waals surface area contributed by atoms with Crippen LogP contribution in [0.5, 0.6) is 0 Å². The van der Waals surface area contributed by atoms with Gasteiger partial charge in [-0.15, -0.1) is 0 Å². The summed E-state index contributed by atoms with van der Waals surface area (Å²) in [5, 5.41) is 0. The number of likely N-dealkylation sites (N-methyl/N-ethyl adjacent to an activating group) is 1. The van der Waals surface area contributed by atoms with E-state index in [0.717, 1.165) is 19.8 Å². The van der Waals surface area contributed by atoms with Gasteiger partial charge in [-0.1, -0.05) is 13.8 Å². The average molecular weight is 427 g/mol. The molecule has 178 valence electrons. The molecule has 0 amide bonds. The summed E-state index contributed by atoms with van der Waals surface area (Å²) in [4.78, 5) is 10.0. The van der Waals surface area contributed by atoms with Crippen molar-refractivity contribution in [3.05, 3.63) is 0 Å². The monoisotopic (exact) mass is 426 g/mol. The van der Waals surface area contributed by atoms with Crippen LogP contribution in [0.15, 0.2) is 0 Å². The highest BCUT2D eigenvalue weighted by Gasteiger charge is 2.30. The van der Waals surface area contributed by atoms with E-state index in [2.05, 4.69) is 47.4 Å². The highest BCUT2D eigenvalue weighted by molar-refractivity contribution is 4.83. The molecule has 2 atom stereocenters. The van der Waals surface area contributed by atoms with Gasteiger partial charge in [0.05, 0.1) is 6.10 Å². The Morgan fingerprint density at radius 3 is 1.87 bits per heavy atom. The molecule has 0 radical (unpaired) electrons. The summed E-state index contributed by atoms with van der Waals surface area (Å²) in [5.74, 6) is 0. The zero-order chi connectivity index (χ0) is 22.0. The van der Waals surface area contributed by atoms with Crippen molar-refractivity contribution in [2.45, 2.75) is 78.2 Å². The van der Waals surface area contributed by atoms with Gasteiger partial charge in [-0.3, -0.25) is 14.7 Å². The molecule has 4 aliphatic heterocycles. The molecule has 4 rings (SSSR count). The normalized spacial score (nSPS) is 29.8. The Bertz CT molecular complexity index is 429. The van der Waals surface area contributed by atoms with Gasteiger partial charge in [-0.25, -0.2) is 0 Å². The fraction of sp³-hybridized carbons (Fsp3) is 1.00. The fourth-order valence-electron chi connectivity index (χ4n) is 4.64. The second-order valence-corrected chi connectivity index (χ2v) is 9.90. The molecule has 0 spiro atoms. The highest BCUT2D eigenvalue weighted by Crippen LogP contribution is 2.21. The molecule has 0 N–H and O–H groups in total. The summed E-state index contributed by atoms with van der Waals surface area (Å²) >= 11 is 0. The van der Waals surface area contributed by atoms with E-state index in [4.69, 9.17) is 9.47 Å². The van der Waals surface area contributed by atoms with Gasteiger partial charge in [-0.2, -0.15) is 0 Å². The van der Waals surface area contributed by atoms with Gasteiger partial charge >= 0.3 is 0 Å². The first-order valence-electron chi connectivity index (χ1n) is 12.5. The lowest BCUT2D eigenvalue weighted by Crippen LogP contribution is -2.55. The topological polar surface area (TPSA) is 31.4 Å². The first-order chi connectivity index (χ1) is 14.4. The van der Waals surface area contributed by atoms with Crippen LogP contribution in [0.2, 0.25) is 0 Å². The van der Waals surface area contributed by atoms with Crippen LogP contribution < -0.4 is 0 Å². The third-order valence-electron chi connectivity index (χ3n) is 6.66. The molecule has 30 heavy (non-hydrogen) atoms. The first-order valence-corrected chi connectivity index (χ1v) is 12.5. The van der Waals surface area contributed by atoms with Crippen molar-refractivity contribution >= 4 is 0 Å². The molecule has 2 unspecified atom stereocenters. The lowest BCUT2D eigenvalue weighted by molar-refractivity contribution is -0.0541. The molecule has 6 heteroatoms. The molecule has 0 aromatic heterocycles. The van der Waals surface area contributed by atoms with Crippen LogP contribution in [0.4, 0.5) is 0 Å². The Balaban J connectivity index is 0.000000199. The summed E-state index contributed by atoms with van der Waals surface area (Å²) in [6.45, 7) is 23.6. The van der Waals surface area contributed by atoms with E-state index in [9.17, 15) is 0 Å². The number of hydrogen-bond acceptors (Lipinski definition) is 6. The van der Waals surface area contributed by atoms with E-state index in [1.54, 1.807) is 0 Å². The quantitative estimate of drug-likeness (QED) is 0.690. The molecule has 4 heterocycles. The van der Waals surface area contributed by atoms with Gasteiger partial charge in [0.15, 0.2) is 0 Å². The summed E-state index contributed by atoms with van der Waals surface area (Å²) in [6, 6.07) is 0. The number of hydrogen-bond donors (Lipinski definition) is 0. The summed E-state index contributed by atoms with van der Waals surface area (Å²) in [7, 11) is 2.20. The van der Waals surface area contributed by atoms with Crippen LogP contribution in [0.1, 0.15) is 60.3 Å². The van der Waals surface area contributed by atoms with Crippen molar-refractivity contribution < 1.29 is 9.47 Å². The molecule has 0 aliphatic carbocycles. The molecule has 4 aliphatic rings. The van der Waals surface area contributed by atoms with Crippen molar-refractivity contribution in [2.24, 2.45) is 0 Å². The third-order valence-corrected chi connectivity index (χ3v) is 6.66. The minimum absolute atomic E-state index is 0.322. The zero-order valence-electron chi connectivity index (χ0n) is 20.9. The van der Waals surface area contributed by atoms with Gasteiger partial charge in [0.1, 0.15) is 6.23 Å². The van der Waals surface area contributed by atoms with Crippen LogP contribution in [0, 0.1) is 0 Å². The maximum Gasteiger partial charge on any atom is 0.110 e. The van der Waals surface area contributed by atoms with Crippen molar-refractivity contribution in [3.8, 4) is 0 Å². The first kappa shape index (κ1) is 26.0. The standard InChI is InChI=1S/C12H24N2O.C10H20N2O.C2H6/c1-12(2,3)14-8-6-13(7-9-14)11-5-4-10-15-11;1-11-4-6-12(7-5-11)9-10-3-2-8-13-10;1-2/h11H,4-10H2,1-3H3;10H,2-9H2,1H3;1-2H3. The van der Waals surface area contributed by atoms with Crippen molar-refractivity contribution in [3.63, 3.8) is 0 Å². The van der Waals surface area contributed by atoms with Crippen LogP contribution in [-0.4, -0.2) is 117 Å². The highest BCUT2D eigenvalue weighted by atomic mass is 16.5. The minimum atomic E-state index is 0.322. The van der Waals surface area contributed by atoms with Crippen LogP contribution in [0.3, 0.4) is 0 Å².